The van der Waals surface area contributed by atoms with Crippen molar-refractivity contribution in [3.8, 4) is 22.4 Å². The molecule has 0 aliphatic rings. The van der Waals surface area contributed by atoms with Gasteiger partial charge >= 0.3 is 0 Å². The van der Waals surface area contributed by atoms with Gasteiger partial charge in [-0.15, -0.1) is 0 Å². The third kappa shape index (κ3) is 2.82. The Morgan fingerprint density at radius 1 is 1.00 bits per heavy atom. The molecule has 0 bridgehead atoms. The molecule has 4 nitrogen and oxygen atoms in total. The second-order valence-electron chi connectivity index (χ2n) is 5.76. The number of halogens is 1. The van der Waals surface area contributed by atoms with Gasteiger partial charge in [0.25, 0.3) is 0 Å². The SMILES string of the molecule is CCS(=O)c1cccc2c(-c3ccncc3)c(-c3ccc(F)cc3)nn12. The summed E-state index contributed by atoms with van der Waals surface area (Å²) in [6.45, 7) is 1.88. The molecule has 3 aromatic heterocycles. The molecule has 0 N–H and O–H groups in total. The van der Waals surface area contributed by atoms with Gasteiger partial charge in [-0.05, 0) is 54.1 Å². The molecular formula is C20H16FN3OS. The van der Waals surface area contributed by atoms with Crippen LogP contribution in [-0.2, 0) is 10.8 Å². The standard InChI is InChI=1S/C20H16FN3OS/c1-2-26(25)18-5-3-4-17-19(14-10-12-22-13-11-14)20(23-24(17)18)15-6-8-16(21)9-7-15/h3-13H,2H2,1H3. The summed E-state index contributed by atoms with van der Waals surface area (Å²) in [5.41, 5.74) is 4.24. The summed E-state index contributed by atoms with van der Waals surface area (Å²) in [6, 6.07) is 15.7. The lowest BCUT2D eigenvalue weighted by molar-refractivity contribution is 0.628. The van der Waals surface area contributed by atoms with E-state index in [2.05, 4.69) is 4.98 Å². The topological polar surface area (TPSA) is 47.3 Å². The van der Waals surface area contributed by atoms with Crippen molar-refractivity contribution in [1.29, 1.82) is 0 Å². The van der Waals surface area contributed by atoms with Gasteiger partial charge in [0.15, 0.2) is 0 Å². The number of hydrogen-bond donors (Lipinski definition) is 0. The number of hydrogen-bond acceptors (Lipinski definition) is 3. The minimum absolute atomic E-state index is 0.296. The first kappa shape index (κ1) is 16.6. The molecule has 26 heavy (non-hydrogen) atoms. The normalized spacial score (nSPS) is 12.4. The summed E-state index contributed by atoms with van der Waals surface area (Å²) in [4.78, 5) is 4.08. The van der Waals surface area contributed by atoms with E-state index in [1.165, 1.54) is 12.1 Å². The van der Waals surface area contributed by atoms with Crippen LogP contribution in [0.5, 0.6) is 0 Å². The molecule has 0 aliphatic carbocycles. The lowest BCUT2D eigenvalue weighted by Gasteiger charge is -2.04. The quantitative estimate of drug-likeness (QED) is 0.541. The molecule has 1 aromatic carbocycles. The zero-order valence-corrected chi connectivity index (χ0v) is 14.9. The predicted octanol–water partition coefficient (Wildman–Crippen LogP) is 4.33. The Balaban J connectivity index is 2.06. The average Bonchev–Trinajstić information content (AvgIpc) is 3.08. The fourth-order valence-corrected chi connectivity index (χ4v) is 3.84. The Labute approximate surface area is 152 Å². The van der Waals surface area contributed by atoms with Gasteiger partial charge in [0.1, 0.15) is 16.5 Å². The van der Waals surface area contributed by atoms with E-state index >= 15 is 0 Å². The second-order valence-corrected chi connectivity index (χ2v) is 7.45. The Bertz CT molecular complexity index is 1090. The summed E-state index contributed by atoms with van der Waals surface area (Å²) in [7, 11) is -1.15. The van der Waals surface area contributed by atoms with Crippen molar-refractivity contribution in [1.82, 2.24) is 14.6 Å². The van der Waals surface area contributed by atoms with Gasteiger partial charge in [0.2, 0.25) is 0 Å². The van der Waals surface area contributed by atoms with Crippen molar-refractivity contribution in [3.63, 3.8) is 0 Å². The maximum atomic E-state index is 13.4. The van der Waals surface area contributed by atoms with Crippen LogP contribution in [0.25, 0.3) is 27.9 Å². The summed E-state index contributed by atoms with van der Waals surface area (Å²) in [6.07, 6.45) is 3.45. The highest BCUT2D eigenvalue weighted by Gasteiger charge is 2.19. The van der Waals surface area contributed by atoms with E-state index < -0.39 is 10.8 Å². The molecule has 3 heterocycles. The number of aromatic nitrogens is 3. The summed E-state index contributed by atoms with van der Waals surface area (Å²) >= 11 is 0. The molecule has 4 rings (SSSR count). The number of nitrogens with zero attached hydrogens (tertiary/aromatic N) is 3. The second kappa shape index (κ2) is 6.80. The molecule has 6 heteroatoms. The van der Waals surface area contributed by atoms with Crippen LogP contribution in [0, 0.1) is 5.82 Å². The van der Waals surface area contributed by atoms with Crippen molar-refractivity contribution in [2.24, 2.45) is 0 Å². The van der Waals surface area contributed by atoms with E-state index in [9.17, 15) is 8.60 Å². The van der Waals surface area contributed by atoms with Gasteiger partial charge in [-0.25, -0.2) is 8.91 Å². The molecule has 0 saturated carbocycles. The van der Waals surface area contributed by atoms with Gasteiger partial charge in [0.05, 0.1) is 16.3 Å². The molecule has 0 saturated heterocycles. The van der Waals surface area contributed by atoms with Crippen molar-refractivity contribution >= 4 is 16.3 Å². The highest BCUT2D eigenvalue weighted by molar-refractivity contribution is 7.84. The van der Waals surface area contributed by atoms with Crippen molar-refractivity contribution in [3.05, 3.63) is 72.8 Å². The Morgan fingerprint density at radius 2 is 1.73 bits per heavy atom. The van der Waals surface area contributed by atoms with E-state index in [-0.39, 0.29) is 5.82 Å². The van der Waals surface area contributed by atoms with E-state index in [1.807, 2.05) is 37.3 Å². The number of rotatable bonds is 4. The Morgan fingerprint density at radius 3 is 2.42 bits per heavy atom. The van der Waals surface area contributed by atoms with E-state index in [0.29, 0.717) is 10.8 Å². The summed E-state index contributed by atoms with van der Waals surface area (Å²) in [5.74, 6) is 0.214. The highest BCUT2D eigenvalue weighted by Crippen LogP contribution is 2.35. The van der Waals surface area contributed by atoms with Crippen molar-refractivity contribution < 1.29 is 8.60 Å². The highest BCUT2D eigenvalue weighted by atomic mass is 32.2. The van der Waals surface area contributed by atoms with Gasteiger partial charge in [-0.3, -0.25) is 9.19 Å². The molecule has 1 atom stereocenters. The van der Waals surface area contributed by atoms with Crippen LogP contribution in [-0.4, -0.2) is 24.6 Å². The Hall–Kier alpha value is -2.86. The predicted molar refractivity (Wildman–Crippen MR) is 101 cm³/mol. The fraction of sp³-hybridized carbons (Fsp3) is 0.100. The zero-order chi connectivity index (χ0) is 18.1. The van der Waals surface area contributed by atoms with Crippen LogP contribution < -0.4 is 0 Å². The van der Waals surface area contributed by atoms with Gasteiger partial charge in [-0.2, -0.15) is 5.10 Å². The molecule has 0 amide bonds. The summed E-state index contributed by atoms with van der Waals surface area (Å²) in [5, 5.41) is 5.39. The fourth-order valence-electron chi connectivity index (χ4n) is 2.98. The largest absolute Gasteiger partial charge is 0.265 e. The molecule has 1 unspecified atom stereocenters. The summed E-state index contributed by atoms with van der Waals surface area (Å²) < 4.78 is 27.6. The van der Waals surface area contributed by atoms with Gasteiger partial charge in [0, 0.05) is 29.3 Å². The van der Waals surface area contributed by atoms with Gasteiger partial charge in [-0.1, -0.05) is 13.0 Å². The molecule has 0 aliphatic heterocycles. The van der Waals surface area contributed by atoms with Crippen LogP contribution in [0.15, 0.2) is 72.0 Å². The number of fused-ring (bicyclic) bond motifs is 1. The first-order valence-corrected chi connectivity index (χ1v) is 9.57. The Kier molecular flexibility index (Phi) is 4.34. The van der Waals surface area contributed by atoms with E-state index in [0.717, 1.165) is 27.9 Å². The first-order chi connectivity index (χ1) is 12.7. The van der Waals surface area contributed by atoms with Crippen LogP contribution >= 0.6 is 0 Å². The zero-order valence-electron chi connectivity index (χ0n) is 14.1. The maximum Gasteiger partial charge on any atom is 0.129 e. The molecule has 4 aromatic rings. The molecule has 130 valence electrons. The molecule has 0 fully saturated rings. The van der Waals surface area contributed by atoms with Crippen LogP contribution in [0.3, 0.4) is 0 Å². The average molecular weight is 365 g/mol. The number of pyridine rings is 2. The van der Waals surface area contributed by atoms with Crippen molar-refractivity contribution in [2.45, 2.75) is 11.9 Å². The van der Waals surface area contributed by atoms with Crippen LogP contribution in [0.2, 0.25) is 0 Å². The minimum Gasteiger partial charge on any atom is -0.265 e. The molecule has 0 radical (unpaired) electrons. The smallest absolute Gasteiger partial charge is 0.129 e. The van der Waals surface area contributed by atoms with E-state index in [1.54, 1.807) is 29.0 Å². The monoisotopic (exact) mass is 365 g/mol. The van der Waals surface area contributed by atoms with Crippen molar-refractivity contribution in [2.75, 3.05) is 5.75 Å². The van der Waals surface area contributed by atoms with Crippen LogP contribution in [0.1, 0.15) is 6.92 Å². The third-order valence-electron chi connectivity index (χ3n) is 4.20. The maximum absolute atomic E-state index is 13.4. The third-order valence-corrected chi connectivity index (χ3v) is 5.50. The lowest BCUT2D eigenvalue weighted by atomic mass is 10.0. The molecular weight excluding hydrogens is 349 g/mol. The number of benzene rings is 1. The molecule has 0 spiro atoms. The van der Waals surface area contributed by atoms with Crippen LogP contribution in [0.4, 0.5) is 4.39 Å². The lowest BCUT2D eigenvalue weighted by Crippen LogP contribution is -2.03. The van der Waals surface area contributed by atoms with Gasteiger partial charge < -0.3 is 0 Å². The van der Waals surface area contributed by atoms with E-state index in [4.69, 9.17) is 5.10 Å². The minimum atomic E-state index is -1.15. The first-order valence-electron chi connectivity index (χ1n) is 8.25.